The van der Waals surface area contributed by atoms with Crippen LogP contribution in [-0.4, -0.2) is 34.7 Å². The van der Waals surface area contributed by atoms with Crippen molar-refractivity contribution >= 4 is 17.5 Å². The third-order valence-electron chi connectivity index (χ3n) is 6.60. The number of alkyl carbamates (subject to hydrolysis) is 1. The van der Waals surface area contributed by atoms with Crippen LogP contribution in [0.25, 0.3) is 5.52 Å². The number of aromatic nitrogens is 2. The molecule has 2 N–H and O–H groups in total. The van der Waals surface area contributed by atoms with Crippen LogP contribution in [0.2, 0.25) is 0 Å². The fraction of sp³-hybridized carbons (Fsp3) is 0.241. The highest BCUT2D eigenvalue weighted by atomic mass is 19.1. The minimum Gasteiger partial charge on any atom is -0.491 e. The van der Waals surface area contributed by atoms with Gasteiger partial charge in [0, 0.05) is 67.4 Å². The van der Waals surface area contributed by atoms with Crippen molar-refractivity contribution in [2.45, 2.75) is 32.5 Å². The molecule has 0 radical (unpaired) electrons. The number of ether oxygens (including phenoxy) is 2. The molecule has 2 aromatic heterocycles. The first kappa shape index (κ1) is 30.8. The quantitative estimate of drug-likeness (QED) is 0.266. The van der Waals surface area contributed by atoms with E-state index in [4.69, 9.17) is 9.47 Å². The van der Waals surface area contributed by atoms with Crippen LogP contribution in [0.5, 0.6) is 5.75 Å². The summed E-state index contributed by atoms with van der Waals surface area (Å²) < 4.78 is 66.7. The molecule has 0 aliphatic heterocycles. The van der Waals surface area contributed by atoms with Crippen LogP contribution in [-0.2, 0) is 17.8 Å². The molecule has 0 spiro atoms. The molecule has 14 heteroatoms. The molecule has 0 aliphatic carbocycles. The van der Waals surface area contributed by atoms with E-state index in [0.29, 0.717) is 12.1 Å². The molecule has 226 valence electrons. The van der Waals surface area contributed by atoms with E-state index < -0.39 is 58.0 Å². The standard InChI is InChI=1S/C29H26F4N4O6/c1-16(7-10-43-29(41)35-14-18-4-6-20(31)12-23(18)33)37-9-8-36-15-21(25(38)26(42-2)24(36)28(37)40)27(39)34-13-17-3-5-19(30)11-22(17)32/h3-6,8-9,11-12,15-16H,7,10,13-14H2,1-2H3,(H,34,39)(H,35,41)/t16-/m1/s1. The lowest BCUT2D eigenvalue weighted by Gasteiger charge is -2.17. The van der Waals surface area contributed by atoms with Gasteiger partial charge in [-0.2, -0.15) is 0 Å². The van der Waals surface area contributed by atoms with Gasteiger partial charge in [0.1, 0.15) is 28.8 Å². The maximum atomic E-state index is 13.9. The van der Waals surface area contributed by atoms with E-state index in [9.17, 15) is 36.7 Å². The van der Waals surface area contributed by atoms with Gasteiger partial charge in [0.2, 0.25) is 5.43 Å². The van der Waals surface area contributed by atoms with Crippen LogP contribution in [0.4, 0.5) is 22.4 Å². The molecule has 43 heavy (non-hydrogen) atoms. The number of amides is 2. The molecule has 1 atom stereocenters. The van der Waals surface area contributed by atoms with Crippen molar-refractivity contribution in [1.82, 2.24) is 19.6 Å². The van der Waals surface area contributed by atoms with Gasteiger partial charge in [0.25, 0.3) is 11.5 Å². The summed E-state index contributed by atoms with van der Waals surface area (Å²) in [6.45, 7) is 1.02. The molecule has 2 aromatic carbocycles. The van der Waals surface area contributed by atoms with Crippen molar-refractivity contribution in [3.05, 3.63) is 116 Å². The van der Waals surface area contributed by atoms with Crippen LogP contribution in [0.3, 0.4) is 0 Å². The summed E-state index contributed by atoms with van der Waals surface area (Å²) in [5, 5.41) is 4.75. The molecular formula is C29H26F4N4O6. The minimum absolute atomic E-state index is 0.00252. The average Bonchev–Trinajstić information content (AvgIpc) is 2.96. The number of nitrogens with one attached hydrogen (secondary N) is 2. The van der Waals surface area contributed by atoms with Gasteiger partial charge in [-0.3, -0.25) is 14.4 Å². The summed E-state index contributed by atoms with van der Waals surface area (Å²) in [4.78, 5) is 51.2. The lowest BCUT2D eigenvalue weighted by molar-refractivity contribution is 0.0948. The number of carbonyl (C=O) groups excluding carboxylic acids is 2. The summed E-state index contributed by atoms with van der Waals surface area (Å²) in [6.07, 6.45) is 3.32. The molecule has 0 aliphatic rings. The fourth-order valence-electron chi connectivity index (χ4n) is 4.25. The maximum Gasteiger partial charge on any atom is 0.407 e. The van der Waals surface area contributed by atoms with Gasteiger partial charge >= 0.3 is 6.09 Å². The molecular weight excluding hydrogens is 576 g/mol. The summed E-state index contributed by atoms with van der Waals surface area (Å²) >= 11 is 0. The number of nitrogens with zero attached hydrogens (tertiary/aromatic N) is 2. The Bertz CT molecular complexity index is 1810. The molecule has 10 nitrogen and oxygen atoms in total. The third-order valence-corrected chi connectivity index (χ3v) is 6.60. The lowest BCUT2D eigenvalue weighted by atomic mass is 10.1. The van der Waals surface area contributed by atoms with Gasteiger partial charge in [-0.25, -0.2) is 22.4 Å². The Balaban J connectivity index is 1.44. The fourth-order valence-corrected chi connectivity index (χ4v) is 4.25. The van der Waals surface area contributed by atoms with Crippen molar-refractivity contribution in [3.63, 3.8) is 0 Å². The predicted octanol–water partition coefficient (Wildman–Crippen LogP) is 3.83. The first-order valence-corrected chi connectivity index (χ1v) is 12.9. The number of halogens is 4. The van der Waals surface area contributed by atoms with E-state index >= 15 is 0 Å². The number of hydrogen-bond donors (Lipinski definition) is 2. The zero-order valence-electron chi connectivity index (χ0n) is 23.0. The summed E-state index contributed by atoms with van der Waals surface area (Å²) in [5.74, 6) is -4.46. The molecule has 4 aromatic rings. The molecule has 0 saturated carbocycles. The van der Waals surface area contributed by atoms with Crippen molar-refractivity contribution in [1.29, 1.82) is 0 Å². The first-order valence-electron chi connectivity index (χ1n) is 12.9. The highest BCUT2D eigenvalue weighted by molar-refractivity contribution is 5.95. The summed E-state index contributed by atoms with van der Waals surface area (Å²) in [5.41, 5.74) is -1.95. The second-order valence-electron chi connectivity index (χ2n) is 9.45. The molecule has 4 rings (SSSR count). The Hall–Kier alpha value is -5.14. The molecule has 0 saturated heterocycles. The second kappa shape index (κ2) is 13.2. The smallest absolute Gasteiger partial charge is 0.407 e. The van der Waals surface area contributed by atoms with Gasteiger partial charge in [-0.05, 0) is 19.1 Å². The Kier molecular flexibility index (Phi) is 9.48. The number of benzene rings is 2. The van der Waals surface area contributed by atoms with Crippen LogP contribution >= 0.6 is 0 Å². The molecule has 0 fully saturated rings. The number of rotatable bonds is 10. The van der Waals surface area contributed by atoms with E-state index in [1.165, 1.54) is 27.4 Å². The van der Waals surface area contributed by atoms with E-state index in [2.05, 4.69) is 10.6 Å². The average molecular weight is 603 g/mol. The second-order valence-corrected chi connectivity index (χ2v) is 9.45. The van der Waals surface area contributed by atoms with Crippen molar-refractivity contribution in [2.24, 2.45) is 0 Å². The van der Waals surface area contributed by atoms with Gasteiger partial charge in [-0.1, -0.05) is 12.1 Å². The largest absolute Gasteiger partial charge is 0.491 e. The van der Waals surface area contributed by atoms with Crippen LogP contribution < -0.4 is 26.4 Å². The number of pyridine rings is 1. The molecule has 2 heterocycles. The molecule has 0 unspecified atom stereocenters. The van der Waals surface area contributed by atoms with Gasteiger partial charge in [0.05, 0.1) is 13.7 Å². The highest BCUT2D eigenvalue weighted by Gasteiger charge is 2.21. The van der Waals surface area contributed by atoms with E-state index in [0.717, 1.165) is 31.5 Å². The highest BCUT2D eigenvalue weighted by Crippen LogP contribution is 2.16. The van der Waals surface area contributed by atoms with Gasteiger partial charge in [-0.15, -0.1) is 0 Å². The van der Waals surface area contributed by atoms with Crippen LogP contribution in [0.1, 0.15) is 40.9 Å². The summed E-state index contributed by atoms with van der Waals surface area (Å²) in [6, 6.07) is 5.30. The van der Waals surface area contributed by atoms with Crippen LogP contribution in [0.15, 0.2) is 64.6 Å². The Labute approximate surface area is 241 Å². The number of methoxy groups -OCH3 is 1. The summed E-state index contributed by atoms with van der Waals surface area (Å²) in [7, 11) is 1.16. The maximum absolute atomic E-state index is 13.9. The topological polar surface area (TPSA) is 120 Å². The number of fused-ring (bicyclic) bond motifs is 1. The number of hydrogen-bond acceptors (Lipinski definition) is 6. The van der Waals surface area contributed by atoms with E-state index in [-0.39, 0.29) is 48.3 Å². The normalized spacial score (nSPS) is 11.7. The SMILES string of the molecule is COc1c(=O)c(C(=O)NCc2ccc(F)cc2F)cn2ccn([C@H](C)CCOC(=O)NCc3ccc(F)cc3F)c(=O)c12. The Morgan fingerprint density at radius 1 is 0.907 bits per heavy atom. The Morgan fingerprint density at radius 3 is 2.09 bits per heavy atom. The predicted molar refractivity (Wildman–Crippen MR) is 146 cm³/mol. The van der Waals surface area contributed by atoms with Crippen molar-refractivity contribution in [2.75, 3.05) is 13.7 Å². The first-order chi connectivity index (χ1) is 20.5. The third kappa shape index (κ3) is 7.02. The van der Waals surface area contributed by atoms with Crippen molar-refractivity contribution in [3.8, 4) is 5.75 Å². The monoisotopic (exact) mass is 602 g/mol. The minimum atomic E-state index is -0.875. The van der Waals surface area contributed by atoms with E-state index in [1.807, 2.05) is 0 Å². The van der Waals surface area contributed by atoms with Crippen molar-refractivity contribution < 1.29 is 36.6 Å². The molecule has 0 bridgehead atoms. The zero-order valence-corrected chi connectivity index (χ0v) is 23.0. The van der Waals surface area contributed by atoms with E-state index in [1.54, 1.807) is 6.92 Å². The van der Waals surface area contributed by atoms with Gasteiger partial charge in [0.15, 0.2) is 11.3 Å². The number of carbonyl (C=O) groups is 2. The van der Waals surface area contributed by atoms with Gasteiger partial charge < -0.3 is 29.1 Å². The molecule has 2 amide bonds. The zero-order chi connectivity index (χ0) is 31.3. The Morgan fingerprint density at radius 2 is 1.51 bits per heavy atom. The lowest BCUT2D eigenvalue weighted by Crippen LogP contribution is -2.32. The van der Waals surface area contributed by atoms with Crippen LogP contribution in [0, 0.1) is 23.3 Å².